The first kappa shape index (κ1) is 68.0. The monoisotopic (exact) mass is 779 g/mol. The van der Waals surface area contributed by atoms with Crippen molar-refractivity contribution in [2.45, 2.75) is 148 Å². The Morgan fingerprint density at radius 1 is 0.596 bits per heavy atom. The Bertz CT molecular complexity index is 734. The number of hydrogen-bond acceptors (Lipinski definition) is 13. The standard InChI is InChI=1S/2C10H21NO2.C8H17NO2.C5H11NO2.C3H8O.2CH4.ClH/c2*1-6-7-13-10(12)9(8(2)3)11(4)5;1-4-5-11-8(10)7(9)6(2)3;1-4(2)5(6)8-3-7;1-2-3-4;;;/h2*8-9H,6-7H2,1-5H3;6-7H,4-5,9H2,1-3H3;3-5H,6H2,1-2H3;4H,2-3H2,1H3;2*1H4;1H. The molecule has 0 aromatic carbocycles. The fraction of sp³-hybridized carbons (Fsp3) is 0.895. The van der Waals surface area contributed by atoms with Crippen molar-refractivity contribution < 1.29 is 43.2 Å². The summed E-state index contributed by atoms with van der Waals surface area (Å²) in [6.07, 6.45) is 3.03. The Hall–Kier alpha value is -2.03. The number of rotatable bonds is 18. The number of nitrogens with two attached hydrogens (primary N) is 2. The summed E-state index contributed by atoms with van der Waals surface area (Å²) in [5.74, 6) is 0.420. The minimum atomic E-state index is -0.471. The van der Waals surface area contributed by atoms with Gasteiger partial charge in [-0.25, -0.2) is 0 Å². The first-order valence-electron chi connectivity index (χ1n) is 17.7. The third-order valence-corrected chi connectivity index (χ3v) is 6.29. The van der Waals surface area contributed by atoms with Crippen LogP contribution in [0.2, 0.25) is 0 Å². The van der Waals surface area contributed by atoms with E-state index in [4.69, 9.17) is 30.8 Å². The van der Waals surface area contributed by atoms with Gasteiger partial charge in [0.2, 0.25) is 0 Å². The molecule has 0 spiro atoms. The number of aliphatic hydroxyl groups is 1. The van der Waals surface area contributed by atoms with Crippen molar-refractivity contribution in [3.05, 3.63) is 0 Å². The molecule has 0 aromatic heterocycles. The Balaban J connectivity index is -0.0000000793. The summed E-state index contributed by atoms with van der Waals surface area (Å²) in [5, 5.41) is 7.88. The zero-order valence-corrected chi connectivity index (χ0v) is 35.3. The molecule has 320 valence electrons. The number of nitrogens with zero attached hydrogens (tertiary/aromatic N) is 2. The topological polar surface area (TPSA) is 184 Å². The van der Waals surface area contributed by atoms with Crippen molar-refractivity contribution >= 4 is 36.8 Å². The van der Waals surface area contributed by atoms with E-state index in [1.54, 1.807) is 0 Å². The summed E-state index contributed by atoms with van der Waals surface area (Å²) < 4.78 is 19.4. The molecule has 13 nitrogen and oxygen atoms in total. The molecule has 0 rings (SSSR count). The lowest BCUT2D eigenvalue weighted by Crippen LogP contribution is -2.41. The largest absolute Gasteiger partial charge is 0.465 e. The predicted molar refractivity (Wildman–Crippen MR) is 219 cm³/mol. The average Bonchev–Trinajstić information content (AvgIpc) is 3.01. The Morgan fingerprint density at radius 3 is 1.04 bits per heavy atom. The van der Waals surface area contributed by atoms with Gasteiger partial charge in [-0.2, -0.15) is 0 Å². The van der Waals surface area contributed by atoms with E-state index in [1.165, 1.54) is 0 Å². The van der Waals surface area contributed by atoms with Crippen LogP contribution in [0.3, 0.4) is 0 Å². The predicted octanol–water partition coefficient (Wildman–Crippen LogP) is 6.16. The van der Waals surface area contributed by atoms with Crippen molar-refractivity contribution in [2.24, 2.45) is 35.1 Å². The number of likely N-dealkylation sites (N-methyl/N-ethyl adjacent to an activating group) is 2. The van der Waals surface area contributed by atoms with Crippen LogP contribution in [-0.2, 0) is 38.1 Å². The normalized spacial score (nSPS) is 12.2. The molecule has 0 radical (unpaired) electrons. The Morgan fingerprint density at radius 2 is 0.885 bits per heavy atom. The van der Waals surface area contributed by atoms with Crippen molar-refractivity contribution in [3.63, 3.8) is 0 Å². The van der Waals surface area contributed by atoms with Crippen LogP contribution < -0.4 is 11.5 Å². The molecule has 0 amide bonds. The number of esters is 3. The zero-order valence-electron chi connectivity index (χ0n) is 34.5. The maximum Gasteiger partial charge on any atom is 0.323 e. The molecule has 4 unspecified atom stereocenters. The summed E-state index contributed by atoms with van der Waals surface area (Å²) >= 11 is 0. The minimum Gasteiger partial charge on any atom is -0.465 e. The van der Waals surface area contributed by atoms with Gasteiger partial charge in [-0.05, 0) is 71.6 Å². The molecule has 0 aliphatic rings. The van der Waals surface area contributed by atoms with Gasteiger partial charge >= 0.3 is 17.9 Å². The number of carbonyl (C=O) groups excluding carboxylic acids is 4. The van der Waals surface area contributed by atoms with E-state index in [0.717, 1.165) is 25.7 Å². The Kier molecular flexibility index (Phi) is 59.0. The molecule has 0 aliphatic carbocycles. The van der Waals surface area contributed by atoms with Crippen LogP contribution in [-0.4, -0.2) is 118 Å². The van der Waals surface area contributed by atoms with Crippen molar-refractivity contribution in [2.75, 3.05) is 54.6 Å². The molecular formula is C38H87ClN4O9. The van der Waals surface area contributed by atoms with Crippen molar-refractivity contribution in [1.82, 2.24) is 9.80 Å². The molecular weight excluding hydrogens is 692 g/mol. The number of hydrogen-bond donors (Lipinski definition) is 3. The molecule has 14 heteroatoms. The van der Waals surface area contributed by atoms with Crippen LogP contribution in [0.5, 0.6) is 0 Å². The second-order valence-electron chi connectivity index (χ2n) is 13.2. The third kappa shape index (κ3) is 42.4. The van der Waals surface area contributed by atoms with Gasteiger partial charge in [0.1, 0.15) is 18.1 Å². The van der Waals surface area contributed by atoms with Crippen LogP contribution in [0, 0.1) is 23.7 Å². The van der Waals surface area contributed by atoms with E-state index in [9.17, 15) is 19.2 Å². The van der Waals surface area contributed by atoms with Crippen LogP contribution in [0.15, 0.2) is 0 Å². The molecule has 0 aliphatic heterocycles. The minimum absolute atomic E-state index is 0. The van der Waals surface area contributed by atoms with E-state index < -0.39 is 12.3 Å². The van der Waals surface area contributed by atoms with Gasteiger partial charge in [0, 0.05) is 12.5 Å². The molecule has 0 bridgehead atoms. The van der Waals surface area contributed by atoms with Crippen LogP contribution in [0.4, 0.5) is 0 Å². The Labute approximate surface area is 327 Å². The maximum absolute atomic E-state index is 11.5. The van der Waals surface area contributed by atoms with Gasteiger partial charge in [-0.3, -0.25) is 34.7 Å². The zero-order chi connectivity index (χ0) is 39.7. The van der Waals surface area contributed by atoms with E-state index in [0.29, 0.717) is 44.7 Å². The van der Waals surface area contributed by atoms with Crippen LogP contribution >= 0.6 is 12.4 Å². The van der Waals surface area contributed by atoms with Gasteiger partial charge in [-0.1, -0.05) is 97.9 Å². The van der Waals surface area contributed by atoms with E-state index in [1.807, 2.05) is 121 Å². The van der Waals surface area contributed by atoms with Crippen molar-refractivity contribution in [1.29, 1.82) is 0 Å². The van der Waals surface area contributed by atoms with Gasteiger partial charge < -0.3 is 29.8 Å². The van der Waals surface area contributed by atoms with Crippen molar-refractivity contribution in [3.8, 4) is 0 Å². The summed E-state index contributed by atoms with van der Waals surface area (Å²) in [6.45, 7) is 25.7. The molecule has 0 aromatic rings. The summed E-state index contributed by atoms with van der Waals surface area (Å²) in [6, 6.07) is -0.709. The molecule has 5 N–H and O–H groups in total. The fourth-order valence-corrected chi connectivity index (χ4v) is 3.53. The quantitative estimate of drug-likeness (QED) is 0.0623. The number of carbonyl (C=O) groups is 4. The summed E-state index contributed by atoms with van der Waals surface area (Å²) in [7, 11) is 7.60. The van der Waals surface area contributed by atoms with E-state index >= 15 is 0 Å². The molecule has 0 saturated carbocycles. The first-order valence-corrected chi connectivity index (χ1v) is 17.7. The molecule has 4 atom stereocenters. The highest BCUT2D eigenvalue weighted by molar-refractivity contribution is 5.85. The molecule has 0 fully saturated rings. The van der Waals surface area contributed by atoms with E-state index in [2.05, 4.69) is 4.74 Å². The van der Waals surface area contributed by atoms with Gasteiger partial charge in [0.05, 0.1) is 19.8 Å². The molecule has 0 saturated heterocycles. The number of halogens is 1. The fourth-order valence-electron chi connectivity index (χ4n) is 3.53. The number of ether oxygens (including phenoxy) is 4. The highest BCUT2D eigenvalue weighted by Gasteiger charge is 2.26. The SMILES string of the molecule is C.C.CC(C)C(N)OC=O.CCCO.CCCOC(=O)C(C(C)C)N(C)C.CCCOC(=O)C(C(C)C)N(C)C.CCCOC(=O)C(N)C(C)C.Cl. The second kappa shape index (κ2) is 45.1. The van der Waals surface area contributed by atoms with Crippen LogP contribution in [0.25, 0.3) is 0 Å². The van der Waals surface area contributed by atoms with Gasteiger partial charge in [-0.15, -0.1) is 12.4 Å². The lowest BCUT2D eigenvalue weighted by atomic mass is 10.0. The van der Waals surface area contributed by atoms with Gasteiger partial charge in [0.15, 0.2) is 6.23 Å². The maximum atomic E-state index is 11.5. The first-order chi connectivity index (χ1) is 22.7. The van der Waals surface area contributed by atoms with E-state index in [-0.39, 0.29) is 69.1 Å². The smallest absolute Gasteiger partial charge is 0.323 e. The molecule has 52 heavy (non-hydrogen) atoms. The average molecular weight is 780 g/mol. The lowest BCUT2D eigenvalue weighted by molar-refractivity contribution is -0.151. The summed E-state index contributed by atoms with van der Waals surface area (Å²) in [5.41, 5.74) is 10.8. The highest BCUT2D eigenvalue weighted by atomic mass is 35.5. The molecule has 0 heterocycles. The number of aliphatic hydroxyl groups excluding tert-OH is 1. The lowest BCUT2D eigenvalue weighted by Gasteiger charge is -2.25. The third-order valence-electron chi connectivity index (χ3n) is 6.29. The van der Waals surface area contributed by atoms with Gasteiger partial charge in [0.25, 0.3) is 6.47 Å². The van der Waals surface area contributed by atoms with Crippen LogP contribution in [0.1, 0.15) is 124 Å². The second-order valence-corrected chi connectivity index (χ2v) is 13.2. The highest BCUT2D eigenvalue weighted by Crippen LogP contribution is 2.10. The summed E-state index contributed by atoms with van der Waals surface area (Å²) in [4.78, 5) is 47.5.